The summed E-state index contributed by atoms with van der Waals surface area (Å²) in [5.41, 5.74) is 3.35. The molecular formula is C22H22N4O3S. The molecule has 154 valence electrons. The average molecular weight is 423 g/mol. The number of benzene rings is 2. The van der Waals surface area contributed by atoms with Crippen molar-refractivity contribution >= 4 is 33.4 Å². The zero-order valence-corrected chi connectivity index (χ0v) is 17.8. The summed E-state index contributed by atoms with van der Waals surface area (Å²) in [6.07, 6.45) is 0.185. The summed E-state index contributed by atoms with van der Waals surface area (Å²) in [4.78, 5) is 30.6. The number of hydrogen-bond donors (Lipinski definition) is 1. The van der Waals surface area contributed by atoms with Gasteiger partial charge in [-0.2, -0.15) is 0 Å². The summed E-state index contributed by atoms with van der Waals surface area (Å²) in [6, 6.07) is 15.2. The molecule has 1 amide bonds. The molecule has 2 aromatic heterocycles. The molecule has 30 heavy (non-hydrogen) atoms. The van der Waals surface area contributed by atoms with Crippen LogP contribution in [0.4, 0.5) is 5.13 Å². The highest BCUT2D eigenvalue weighted by molar-refractivity contribution is 7.16. The van der Waals surface area contributed by atoms with Gasteiger partial charge in [-0.3, -0.25) is 13.9 Å². The number of methoxy groups -OCH3 is 1. The third kappa shape index (κ3) is 3.73. The van der Waals surface area contributed by atoms with E-state index >= 15 is 0 Å². The topological polar surface area (TPSA) is 78.2 Å². The number of fused-ring (bicyclic) bond motifs is 1. The van der Waals surface area contributed by atoms with E-state index in [1.807, 2.05) is 55.5 Å². The van der Waals surface area contributed by atoms with E-state index in [1.165, 1.54) is 11.3 Å². The maximum atomic E-state index is 12.5. The number of rotatable bonds is 6. The third-order valence-corrected chi connectivity index (χ3v) is 5.91. The number of thiazole rings is 1. The lowest BCUT2D eigenvalue weighted by molar-refractivity contribution is -0.116. The number of ether oxygens (including phenoxy) is 1. The summed E-state index contributed by atoms with van der Waals surface area (Å²) in [7, 11) is 3.36. The van der Waals surface area contributed by atoms with Crippen molar-refractivity contribution in [3.8, 4) is 17.0 Å². The zero-order valence-electron chi connectivity index (χ0n) is 17.0. The minimum absolute atomic E-state index is 0.129. The Balaban J connectivity index is 1.46. The van der Waals surface area contributed by atoms with Crippen LogP contribution in [0.15, 0.2) is 53.3 Å². The molecule has 0 saturated heterocycles. The van der Waals surface area contributed by atoms with Crippen molar-refractivity contribution in [2.75, 3.05) is 12.4 Å². The van der Waals surface area contributed by atoms with Crippen molar-refractivity contribution in [1.82, 2.24) is 14.1 Å². The van der Waals surface area contributed by atoms with Gasteiger partial charge in [-0.15, -0.1) is 11.3 Å². The van der Waals surface area contributed by atoms with Gasteiger partial charge in [0.05, 0.1) is 23.8 Å². The van der Waals surface area contributed by atoms with Crippen LogP contribution < -0.4 is 15.7 Å². The summed E-state index contributed by atoms with van der Waals surface area (Å²) in [6.45, 7) is 2.28. The van der Waals surface area contributed by atoms with Gasteiger partial charge in [-0.1, -0.05) is 12.1 Å². The van der Waals surface area contributed by atoms with E-state index in [0.717, 1.165) is 32.9 Å². The predicted molar refractivity (Wildman–Crippen MR) is 119 cm³/mol. The number of anilines is 1. The molecule has 7 nitrogen and oxygen atoms in total. The number of carbonyl (C=O) groups excluding carboxylic acids is 1. The second kappa shape index (κ2) is 8.16. The first-order chi connectivity index (χ1) is 14.5. The molecular weight excluding hydrogens is 400 g/mol. The molecule has 0 atom stereocenters. The number of aryl methyl sites for hydroxylation is 3. The molecule has 0 radical (unpaired) electrons. The normalized spacial score (nSPS) is 11.0. The molecule has 0 unspecified atom stereocenters. The van der Waals surface area contributed by atoms with Crippen LogP contribution in [0.1, 0.15) is 11.3 Å². The zero-order chi connectivity index (χ0) is 21.3. The van der Waals surface area contributed by atoms with Crippen LogP contribution in [0, 0.1) is 6.92 Å². The van der Waals surface area contributed by atoms with Crippen LogP contribution in [0.2, 0.25) is 0 Å². The average Bonchev–Trinajstić information content (AvgIpc) is 3.24. The van der Waals surface area contributed by atoms with Crippen molar-refractivity contribution in [3.05, 3.63) is 63.9 Å². The van der Waals surface area contributed by atoms with E-state index in [-0.39, 0.29) is 18.0 Å². The number of aromatic nitrogens is 3. The predicted octanol–water partition coefficient (Wildman–Crippen LogP) is 3.81. The van der Waals surface area contributed by atoms with E-state index in [9.17, 15) is 9.59 Å². The fraction of sp³-hybridized carbons (Fsp3) is 0.227. The van der Waals surface area contributed by atoms with E-state index < -0.39 is 0 Å². The summed E-state index contributed by atoms with van der Waals surface area (Å²) in [5.74, 6) is 0.605. The Hall–Kier alpha value is -3.39. The standard InChI is InChI=1S/C22H22N4O3S/c1-14-20(15-8-10-16(29-3)11-9-15)24-21(30-14)23-19(27)12-13-26-18-7-5-4-6-17(18)25(2)22(26)28/h4-11H,12-13H2,1-3H3,(H,23,24,27). The van der Waals surface area contributed by atoms with Gasteiger partial charge in [0.25, 0.3) is 0 Å². The van der Waals surface area contributed by atoms with Gasteiger partial charge in [0.1, 0.15) is 5.75 Å². The molecule has 1 N–H and O–H groups in total. The highest BCUT2D eigenvalue weighted by Crippen LogP contribution is 2.31. The second-order valence-electron chi connectivity index (χ2n) is 6.93. The van der Waals surface area contributed by atoms with Gasteiger partial charge in [0, 0.05) is 30.5 Å². The number of nitrogens with zero attached hydrogens (tertiary/aromatic N) is 3. The second-order valence-corrected chi connectivity index (χ2v) is 8.14. The lowest BCUT2D eigenvalue weighted by Gasteiger charge is -2.04. The number of carbonyl (C=O) groups is 1. The maximum Gasteiger partial charge on any atom is 0.328 e. The van der Waals surface area contributed by atoms with Crippen LogP contribution in [0.5, 0.6) is 5.75 Å². The largest absolute Gasteiger partial charge is 0.497 e. The maximum absolute atomic E-state index is 12.5. The number of nitrogens with one attached hydrogen (secondary N) is 1. The molecule has 4 rings (SSSR count). The number of para-hydroxylation sites is 2. The molecule has 2 aromatic carbocycles. The molecule has 0 bridgehead atoms. The van der Waals surface area contributed by atoms with Crippen molar-refractivity contribution in [2.45, 2.75) is 19.9 Å². The van der Waals surface area contributed by atoms with E-state index in [4.69, 9.17) is 4.74 Å². The van der Waals surface area contributed by atoms with Crippen molar-refractivity contribution < 1.29 is 9.53 Å². The lowest BCUT2D eigenvalue weighted by atomic mass is 10.1. The molecule has 0 fully saturated rings. The van der Waals surface area contributed by atoms with Crippen LogP contribution >= 0.6 is 11.3 Å². The van der Waals surface area contributed by atoms with Crippen LogP contribution in [0.25, 0.3) is 22.3 Å². The van der Waals surface area contributed by atoms with Gasteiger partial charge >= 0.3 is 5.69 Å². The Kier molecular flexibility index (Phi) is 5.41. The highest BCUT2D eigenvalue weighted by Gasteiger charge is 2.14. The molecule has 0 aliphatic rings. The molecule has 0 aliphatic heterocycles. The molecule has 8 heteroatoms. The van der Waals surface area contributed by atoms with Gasteiger partial charge in [-0.05, 0) is 43.3 Å². The fourth-order valence-corrected chi connectivity index (χ4v) is 4.29. The van der Waals surface area contributed by atoms with Crippen molar-refractivity contribution in [3.63, 3.8) is 0 Å². The first-order valence-electron chi connectivity index (χ1n) is 9.54. The minimum atomic E-state index is -0.176. The summed E-state index contributed by atoms with van der Waals surface area (Å²) < 4.78 is 8.42. The van der Waals surface area contributed by atoms with Gasteiger partial charge in [-0.25, -0.2) is 9.78 Å². The molecule has 4 aromatic rings. The minimum Gasteiger partial charge on any atom is -0.497 e. The Morgan fingerprint density at radius 1 is 1.13 bits per heavy atom. The Bertz CT molecular complexity index is 1270. The highest BCUT2D eigenvalue weighted by atomic mass is 32.1. The first kappa shape index (κ1) is 19.9. The first-order valence-corrected chi connectivity index (χ1v) is 10.4. The Morgan fingerprint density at radius 3 is 2.53 bits per heavy atom. The Labute approximate surface area is 177 Å². The molecule has 2 heterocycles. The van der Waals surface area contributed by atoms with Crippen LogP contribution in [-0.2, 0) is 18.4 Å². The number of imidazole rings is 1. The van der Waals surface area contributed by atoms with Gasteiger partial charge in [0.15, 0.2) is 5.13 Å². The van der Waals surface area contributed by atoms with Crippen LogP contribution in [0.3, 0.4) is 0 Å². The van der Waals surface area contributed by atoms with Gasteiger partial charge < -0.3 is 10.1 Å². The van der Waals surface area contributed by atoms with Crippen molar-refractivity contribution in [2.24, 2.45) is 7.05 Å². The van der Waals surface area contributed by atoms with E-state index in [0.29, 0.717) is 11.7 Å². The summed E-state index contributed by atoms with van der Waals surface area (Å²) >= 11 is 1.43. The van der Waals surface area contributed by atoms with E-state index in [2.05, 4.69) is 10.3 Å². The van der Waals surface area contributed by atoms with Gasteiger partial charge in [0.2, 0.25) is 5.91 Å². The fourth-order valence-electron chi connectivity index (χ4n) is 3.44. The number of hydrogen-bond acceptors (Lipinski definition) is 5. The number of amides is 1. The monoisotopic (exact) mass is 422 g/mol. The lowest BCUT2D eigenvalue weighted by Crippen LogP contribution is -2.24. The Morgan fingerprint density at radius 2 is 1.83 bits per heavy atom. The SMILES string of the molecule is COc1ccc(-c2nc(NC(=O)CCn3c(=O)n(C)c4ccccc43)sc2C)cc1. The molecule has 0 saturated carbocycles. The smallest absolute Gasteiger partial charge is 0.328 e. The molecule has 0 aliphatic carbocycles. The summed E-state index contributed by atoms with van der Waals surface area (Å²) in [5, 5.41) is 3.41. The quantitative estimate of drug-likeness (QED) is 0.513. The van der Waals surface area contributed by atoms with E-state index in [1.54, 1.807) is 23.3 Å². The van der Waals surface area contributed by atoms with Crippen LogP contribution in [-0.4, -0.2) is 27.1 Å². The molecule has 0 spiro atoms. The van der Waals surface area contributed by atoms with Crippen molar-refractivity contribution in [1.29, 1.82) is 0 Å². The third-order valence-electron chi connectivity index (χ3n) is 5.02.